The number of thiophene rings is 1. The minimum Gasteiger partial charge on any atom is -0.369 e. The van der Waals surface area contributed by atoms with Crippen LogP contribution in [0.25, 0.3) is 0 Å². The summed E-state index contributed by atoms with van der Waals surface area (Å²) < 4.78 is 40.9. The van der Waals surface area contributed by atoms with E-state index < -0.39 is 21.7 Å². The largest absolute Gasteiger partial charge is 0.369 e. The maximum Gasteiger partial charge on any atom is 0.267 e. The highest BCUT2D eigenvalue weighted by Gasteiger charge is 2.32. The maximum absolute atomic E-state index is 13.2. The lowest BCUT2D eigenvalue weighted by Crippen LogP contribution is -2.48. The Morgan fingerprint density at radius 1 is 1.03 bits per heavy atom. The van der Waals surface area contributed by atoms with Gasteiger partial charge in [-0.2, -0.15) is 4.31 Å². The molecule has 1 fully saturated rings. The fourth-order valence-corrected chi connectivity index (χ4v) is 6.29. The van der Waals surface area contributed by atoms with E-state index >= 15 is 0 Å². The molecule has 10 heteroatoms. The average Bonchev–Trinajstić information content (AvgIpc) is 3.27. The number of nitrogens with one attached hydrogen (secondary N) is 1. The molecule has 1 aliphatic rings. The Morgan fingerprint density at radius 3 is 2.42 bits per heavy atom. The van der Waals surface area contributed by atoms with Crippen molar-refractivity contribution in [3.63, 3.8) is 0 Å². The molecule has 4 rings (SSSR count). The van der Waals surface area contributed by atoms with Crippen molar-refractivity contribution < 1.29 is 17.6 Å². The number of carbonyl (C=O) groups is 1. The highest BCUT2D eigenvalue weighted by atomic mass is 35.5. The predicted molar refractivity (Wildman–Crippen MR) is 121 cm³/mol. The lowest BCUT2D eigenvalue weighted by atomic mass is 10.2. The van der Waals surface area contributed by atoms with Crippen LogP contribution in [0.3, 0.4) is 0 Å². The number of carbonyl (C=O) groups excluding carboxylic acids is 1. The first-order valence-electron chi connectivity index (χ1n) is 9.50. The van der Waals surface area contributed by atoms with Crippen LogP contribution >= 0.6 is 22.9 Å². The first-order valence-corrected chi connectivity index (χ1v) is 12.2. The second-order valence-electron chi connectivity index (χ2n) is 6.95. The molecule has 1 N–H and O–H groups in total. The summed E-state index contributed by atoms with van der Waals surface area (Å²) in [7, 11) is -3.84. The van der Waals surface area contributed by atoms with Crippen molar-refractivity contribution in [3.05, 3.63) is 75.7 Å². The van der Waals surface area contributed by atoms with Gasteiger partial charge in [-0.05, 0) is 53.9 Å². The van der Waals surface area contributed by atoms with Gasteiger partial charge < -0.3 is 10.2 Å². The standard InChI is InChI=1S/C21H19ClFN3O3S2/c22-15-2-1-3-18(14-15)25-9-11-26(12-10-25)31(28,29)19-8-13-30-20(19)21(27)24-17-6-4-16(23)5-7-17/h1-8,13-14H,9-12H2,(H,24,27). The van der Waals surface area contributed by atoms with Crippen LogP contribution in [0.1, 0.15) is 9.67 Å². The van der Waals surface area contributed by atoms with Crippen molar-refractivity contribution in [1.82, 2.24) is 4.31 Å². The van der Waals surface area contributed by atoms with Crippen LogP contribution in [-0.4, -0.2) is 44.8 Å². The normalized spacial score (nSPS) is 15.1. The van der Waals surface area contributed by atoms with E-state index in [-0.39, 0.29) is 9.77 Å². The lowest BCUT2D eigenvalue weighted by Gasteiger charge is -2.35. The number of rotatable bonds is 5. The quantitative estimate of drug-likeness (QED) is 0.592. The SMILES string of the molecule is O=C(Nc1ccc(F)cc1)c1sccc1S(=O)(=O)N1CCN(c2cccc(Cl)c2)CC1. The summed E-state index contributed by atoms with van der Waals surface area (Å²) in [4.78, 5) is 14.8. The van der Waals surface area contributed by atoms with Gasteiger partial charge in [0.25, 0.3) is 5.91 Å². The van der Waals surface area contributed by atoms with Gasteiger partial charge in [0, 0.05) is 42.6 Å². The third-order valence-corrected chi connectivity index (χ3v) is 8.19. The highest BCUT2D eigenvalue weighted by Crippen LogP contribution is 2.28. The summed E-state index contributed by atoms with van der Waals surface area (Å²) in [5, 5.41) is 4.83. The molecule has 3 aromatic rings. The second kappa shape index (κ2) is 8.96. The fourth-order valence-electron chi connectivity index (χ4n) is 3.39. The molecule has 2 heterocycles. The van der Waals surface area contributed by atoms with Crippen LogP contribution in [0, 0.1) is 5.82 Å². The molecule has 0 spiro atoms. The van der Waals surface area contributed by atoms with Crippen LogP contribution in [0.4, 0.5) is 15.8 Å². The highest BCUT2D eigenvalue weighted by molar-refractivity contribution is 7.89. The summed E-state index contributed by atoms with van der Waals surface area (Å²) in [5.41, 5.74) is 1.33. The summed E-state index contributed by atoms with van der Waals surface area (Å²) in [6.07, 6.45) is 0. The number of anilines is 2. The number of halogens is 2. The van der Waals surface area contributed by atoms with E-state index in [4.69, 9.17) is 11.6 Å². The molecule has 0 aliphatic carbocycles. The Kier molecular flexibility index (Phi) is 6.29. The predicted octanol–water partition coefficient (Wildman–Crippen LogP) is 4.30. The summed E-state index contributed by atoms with van der Waals surface area (Å²) in [6, 6.07) is 14.2. The number of hydrogen-bond donors (Lipinski definition) is 1. The molecular formula is C21H19ClFN3O3S2. The van der Waals surface area contributed by atoms with E-state index in [9.17, 15) is 17.6 Å². The van der Waals surface area contributed by atoms with Crippen LogP contribution in [0.2, 0.25) is 5.02 Å². The van der Waals surface area contributed by atoms with E-state index in [0.717, 1.165) is 17.0 Å². The molecule has 1 aliphatic heterocycles. The van der Waals surface area contributed by atoms with Gasteiger partial charge in [0.1, 0.15) is 15.6 Å². The second-order valence-corrected chi connectivity index (χ2v) is 10.2. The summed E-state index contributed by atoms with van der Waals surface area (Å²) >= 11 is 7.11. The molecule has 1 saturated heterocycles. The Balaban J connectivity index is 1.48. The lowest BCUT2D eigenvalue weighted by molar-refractivity contribution is 0.102. The summed E-state index contributed by atoms with van der Waals surface area (Å²) in [6.45, 7) is 1.62. The Morgan fingerprint density at radius 2 is 1.74 bits per heavy atom. The van der Waals surface area contributed by atoms with Gasteiger partial charge in [0.15, 0.2) is 0 Å². The van der Waals surface area contributed by atoms with Gasteiger partial charge in [-0.15, -0.1) is 11.3 Å². The smallest absolute Gasteiger partial charge is 0.267 e. The molecule has 162 valence electrons. The van der Waals surface area contributed by atoms with Gasteiger partial charge in [0.05, 0.1) is 0 Å². The molecule has 1 aromatic heterocycles. The van der Waals surface area contributed by atoms with Crippen molar-refractivity contribution in [3.8, 4) is 0 Å². The van der Waals surface area contributed by atoms with Crippen molar-refractivity contribution in [1.29, 1.82) is 0 Å². The number of piperazine rings is 1. The zero-order chi connectivity index (χ0) is 22.0. The molecule has 31 heavy (non-hydrogen) atoms. The Labute approximate surface area is 188 Å². The van der Waals surface area contributed by atoms with Gasteiger partial charge in [0.2, 0.25) is 10.0 Å². The van der Waals surface area contributed by atoms with Crippen LogP contribution in [0.5, 0.6) is 0 Å². The topological polar surface area (TPSA) is 69.7 Å². The molecule has 0 radical (unpaired) electrons. The number of benzene rings is 2. The molecule has 2 aromatic carbocycles. The number of amides is 1. The third kappa shape index (κ3) is 4.74. The van der Waals surface area contributed by atoms with Gasteiger partial charge in [-0.1, -0.05) is 17.7 Å². The fraction of sp³-hybridized carbons (Fsp3) is 0.190. The van der Waals surface area contributed by atoms with Gasteiger partial charge in [-0.25, -0.2) is 12.8 Å². The molecule has 0 unspecified atom stereocenters. The number of hydrogen-bond acceptors (Lipinski definition) is 5. The maximum atomic E-state index is 13.2. The summed E-state index contributed by atoms with van der Waals surface area (Å²) in [5.74, 6) is -0.966. The van der Waals surface area contributed by atoms with E-state index in [1.165, 1.54) is 34.6 Å². The molecule has 1 amide bonds. The minimum absolute atomic E-state index is 0.0201. The number of nitrogens with zero attached hydrogens (tertiary/aromatic N) is 2. The zero-order valence-corrected chi connectivity index (χ0v) is 18.7. The third-order valence-electron chi connectivity index (χ3n) is 4.97. The van der Waals surface area contributed by atoms with E-state index in [0.29, 0.717) is 36.9 Å². The minimum atomic E-state index is -3.84. The van der Waals surface area contributed by atoms with Gasteiger partial charge in [-0.3, -0.25) is 4.79 Å². The van der Waals surface area contributed by atoms with E-state index in [1.54, 1.807) is 11.4 Å². The monoisotopic (exact) mass is 479 g/mol. The Hall–Kier alpha value is -2.46. The molecule has 0 bridgehead atoms. The van der Waals surface area contributed by atoms with Gasteiger partial charge >= 0.3 is 0 Å². The molecule has 0 atom stereocenters. The first kappa shape index (κ1) is 21.8. The van der Waals surface area contributed by atoms with Crippen molar-refractivity contribution in [2.24, 2.45) is 0 Å². The number of sulfonamides is 1. The van der Waals surface area contributed by atoms with Crippen LogP contribution in [0.15, 0.2) is 64.9 Å². The molecule has 0 saturated carbocycles. The molecular weight excluding hydrogens is 461 g/mol. The van der Waals surface area contributed by atoms with Crippen LogP contribution in [-0.2, 0) is 10.0 Å². The van der Waals surface area contributed by atoms with Crippen molar-refractivity contribution in [2.75, 3.05) is 36.4 Å². The molecule has 6 nitrogen and oxygen atoms in total. The average molecular weight is 480 g/mol. The van der Waals surface area contributed by atoms with Crippen molar-refractivity contribution >= 4 is 50.2 Å². The van der Waals surface area contributed by atoms with Crippen LogP contribution < -0.4 is 10.2 Å². The van der Waals surface area contributed by atoms with E-state index in [1.807, 2.05) is 18.2 Å². The first-order chi connectivity index (χ1) is 14.8. The Bertz CT molecular complexity index is 1190. The zero-order valence-electron chi connectivity index (χ0n) is 16.3. The van der Waals surface area contributed by atoms with Crippen molar-refractivity contribution in [2.45, 2.75) is 4.90 Å². The van der Waals surface area contributed by atoms with E-state index in [2.05, 4.69) is 10.2 Å².